The zero-order valence-electron chi connectivity index (χ0n) is 29.7. The normalized spacial score (nSPS) is 41.4. The van der Waals surface area contributed by atoms with E-state index in [0.717, 1.165) is 58.9 Å². The Morgan fingerprint density at radius 3 is 2.47 bits per heavy atom. The highest BCUT2D eigenvalue weighted by Crippen LogP contribution is 2.71. The van der Waals surface area contributed by atoms with E-state index in [2.05, 4.69) is 77.8 Å². The number of ether oxygens (including phenoxy) is 1. The first-order valence-corrected chi connectivity index (χ1v) is 17.9. The van der Waals surface area contributed by atoms with Crippen LogP contribution in [0.25, 0.3) is 16.5 Å². The van der Waals surface area contributed by atoms with Crippen molar-refractivity contribution in [3.63, 3.8) is 0 Å². The van der Waals surface area contributed by atoms with Gasteiger partial charge < -0.3 is 24.6 Å². The van der Waals surface area contributed by atoms with E-state index in [1.807, 2.05) is 13.0 Å². The molecule has 3 heterocycles. The molecule has 6 nitrogen and oxygen atoms in total. The molecule has 8 rings (SSSR count). The van der Waals surface area contributed by atoms with Crippen LogP contribution in [0.15, 0.2) is 36.4 Å². The van der Waals surface area contributed by atoms with Crippen LogP contribution in [-0.4, -0.2) is 49.1 Å². The molecular weight excluding hydrogens is 586 g/mol. The van der Waals surface area contributed by atoms with Crippen LogP contribution in [-0.2, 0) is 16.6 Å². The molecule has 0 radical (unpaired) electrons. The second kappa shape index (κ2) is 9.38. The Morgan fingerprint density at radius 2 is 1.81 bits per heavy atom. The predicted octanol–water partition coefficient (Wildman–Crippen LogP) is 7.53. The molecule has 0 spiro atoms. The molecule has 0 amide bonds. The van der Waals surface area contributed by atoms with E-state index in [-0.39, 0.29) is 28.4 Å². The van der Waals surface area contributed by atoms with Gasteiger partial charge in [0.1, 0.15) is 6.04 Å². The molecule has 1 aromatic carbocycles. The average Bonchev–Trinajstić information content (AvgIpc) is 3.62. The van der Waals surface area contributed by atoms with Gasteiger partial charge in [-0.05, 0) is 120 Å². The third-order valence-corrected chi connectivity index (χ3v) is 14.3. The van der Waals surface area contributed by atoms with Gasteiger partial charge in [-0.25, -0.2) is 0 Å². The maximum absolute atomic E-state index is 14.8. The van der Waals surface area contributed by atoms with E-state index < -0.39 is 41.0 Å². The average molecular weight is 640 g/mol. The minimum atomic E-state index is -0.839. The van der Waals surface area contributed by atoms with Crippen LogP contribution in [0.4, 0.5) is 0 Å². The molecule has 2 aromatic rings. The van der Waals surface area contributed by atoms with Gasteiger partial charge in [-0.2, -0.15) is 0 Å². The van der Waals surface area contributed by atoms with E-state index in [1.165, 1.54) is 11.3 Å². The number of aliphatic hydroxyl groups is 3. The van der Waals surface area contributed by atoms with Crippen LogP contribution in [0.2, 0.25) is 0 Å². The summed E-state index contributed by atoms with van der Waals surface area (Å²) in [6, 6.07) is 1.80. The lowest BCUT2D eigenvalue weighted by molar-refractivity contribution is -0.145. The summed E-state index contributed by atoms with van der Waals surface area (Å²) in [7, 11) is 0. The van der Waals surface area contributed by atoms with Crippen molar-refractivity contribution in [2.45, 2.75) is 135 Å². The number of allylic oxidation sites excluding steroid dienone is 1. The summed E-state index contributed by atoms with van der Waals surface area (Å²) in [5.41, 5.74) is 5.99. The summed E-state index contributed by atoms with van der Waals surface area (Å²) in [6.45, 7) is 23.5. The molecule has 6 heteroatoms. The molecule has 0 saturated heterocycles. The van der Waals surface area contributed by atoms with Crippen molar-refractivity contribution in [3.05, 3.63) is 64.4 Å². The lowest BCUT2D eigenvalue weighted by atomic mass is 9.40. The molecule has 0 bridgehead atoms. The highest BCUT2D eigenvalue weighted by atomic mass is 16.5. The Hall–Kier alpha value is -2.51. The molecule has 47 heavy (non-hydrogen) atoms. The minimum absolute atomic E-state index is 0.0433. The summed E-state index contributed by atoms with van der Waals surface area (Å²) in [4.78, 5) is 14.8. The Balaban J connectivity index is 1.40. The van der Waals surface area contributed by atoms with Crippen LogP contribution in [0, 0.1) is 28.6 Å². The first kappa shape index (κ1) is 31.7. The number of carbonyl (C=O) groups excluding carboxylic acids is 1. The molecule has 2 saturated carbocycles. The molecule has 3 N–H and O–H groups in total. The number of benzene rings is 1. The van der Waals surface area contributed by atoms with Crippen molar-refractivity contribution in [1.29, 1.82) is 0 Å². The van der Waals surface area contributed by atoms with Crippen LogP contribution >= 0.6 is 0 Å². The summed E-state index contributed by atoms with van der Waals surface area (Å²) >= 11 is 0. The highest BCUT2D eigenvalue weighted by Gasteiger charge is 2.67. The summed E-state index contributed by atoms with van der Waals surface area (Å²) in [5, 5.41) is 35.0. The number of hydrogen-bond acceptors (Lipinski definition) is 5. The number of Topliss-reactive ketones (excluding diaryl/α,β-unsaturated/α-hetero) is 1. The van der Waals surface area contributed by atoms with Gasteiger partial charge in [-0.15, -0.1) is 0 Å². The lowest BCUT2D eigenvalue weighted by Gasteiger charge is -2.64. The smallest absolute Gasteiger partial charge is 0.192 e. The summed E-state index contributed by atoms with van der Waals surface area (Å²) in [5.74, 6) is 0.406. The minimum Gasteiger partial charge on any atom is -0.392 e. The zero-order valence-corrected chi connectivity index (χ0v) is 29.7. The number of carbonyl (C=O) groups is 1. The molecule has 10 atom stereocenters. The van der Waals surface area contributed by atoms with Crippen molar-refractivity contribution in [3.8, 4) is 0 Å². The number of aromatic nitrogens is 1. The number of fused-ring (bicyclic) bond motifs is 11. The van der Waals surface area contributed by atoms with Crippen molar-refractivity contribution < 1.29 is 24.9 Å². The quantitative estimate of drug-likeness (QED) is 0.302. The van der Waals surface area contributed by atoms with Gasteiger partial charge in [0.05, 0.1) is 40.6 Å². The Morgan fingerprint density at radius 1 is 1.11 bits per heavy atom. The Labute approximate surface area is 279 Å². The van der Waals surface area contributed by atoms with Gasteiger partial charge in [0, 0.05) is 33.4 Å². The number of hydrogen-bond donors (Lipinski definition) is 3. The third-order valence-electron chi connectivity index (χ3n) is 14.3. The van der Waals surface area contributed by atoms with Crippen molar-refractivity contribution in [2.75, 3.05) is 0 Å². The van der Waals surface area contributed by atoms with Crippen LogP contribution in [0.3, 0.4) is 0 Å². The number of nitrogens with zero attached hydrogens (tertiary/aromatic N) is 1. The van der Waals surface area contributed by atoms with E-state index in [0.29, 0.717) is 17.9 Å². The van der Waals surface area contributed by atoms with Crippen molar-refractivity contribution in [1.82, 2.24) is 4.57 Å². The molecule has 2 aliphatic heterocycles. The van der Waals surface area contributed by atoms with Crippen LogP contribution in [0.1, 0.15) is 133 Å². The molecule has 2 fully saturated rings. The fourth-order valence-electron chi connectivity index (χ4n) is 12.5. The van der Waals surface area contributed by atoms with Gasteiger partial charge in [0.15, 0.2) is 5.78 Å². The first-order chi connectivity index (χ1) is 21.8. The molecule has 6 aliphatic rings. The lowest BCUT2D eigenvalue weighted by Crippen LogP contribution is -2.62. The van der Waals surface area contributed by atoms with Gasteiger partial charge in [0.25, 0.3) is 0 Å². The summed E-state index contributed by atoms with van der Waals surface area (Å²) in [6.07, 6.45) is 8.85. The molecule has 3 unspecified atom stereocenters. The topological polar surface area (TPSA) is 91.9 Å². The number of aliphatic hydroxyl groups excluding tert-OH is 3. The second-order valence-electron chi connectivity index (χ2n) is 17.9. The maximum Gasteiger partial charge on any atom is 0.192 e. The molecule has 1 aromatic heterocycles. The SMILES string of the molecule is C=C(C)[C@H]1C(=O)c2c3c(cc4c5c(n1c24)[C@@]1(C)C(CC[C@H]2[C@](C)(/C=C/C(C)O)[C@@H](O)CC[C@@]21C)C5)C1=CC(C)(C)OC(C)(C)C1[C@@H]3O. The maximum atomic E-state index is 14.8. The van der Waals surface area contributed by atoms with E-state index in [4.69, 9.17) is 4.74 Å². The van der Waals surface area contributed by atoms with E-state index in [1.54, 1.807) is 6.92 Å². The van der Waals surface area contributed by atoms with Gasteiger partial charge in [0.2, 0.25) is 0 Å². The Bertz CT molecular complexity index is 1840. The van der Waals surface area contributed by atoms with Crippen molar-refractivity contribution in [2.24, 2.45) is 28.6 Å². The largest absolute Gasteiger partial charge is 0.392 e. The van der Waals surface area contributed by atoms with E-state index >= 15 is 0 Å². The van der Waals surface area contributed by atoms with Gasteiger partial charge in [-0.3, -0.25) is 4.79 Å². The van der Waals surface area contributed by atoms with E-state index in [9.17, 15) is 20.1 Å². The predicted molar refractivity (Wildman–Crippen MR) is 185 cm³/mol. The standard InChI is InChI=1S/C41H53NO5/c1-20(2)32-35(46)30-29-23(26-19-37(4,5)47-38(6,7)31(26)34(29)45)18-24-25-17-22-11-12-27-39(8,15-13-21(3)43)28(44)14-16-40(27,9)41(22,10)36(25)42(32)33(24)30/h13,15,18-19,21-22,27-28,31-32,34,43-45H,1,11-12,14,16-17H2,2-10H3/b15-13+/t21?,22?,27-,28-,31?,32-,34+,39-,40-,41+/m0/s1. The fraction of sp³-hybridized carbons (Fsp3) is 0.634. The molecule has 252 valence electrons. The highest BCUT2D eigenvalue weighted by molar-refractivity contribution is 6.18. The van der Waals surface area contributed by atoms with Crippen LogP contribution in [0.5, 0.6) is 0 Å². The monoisotopic (exact) mass is 639 g/mol. The Kier molecular flexibility index (Phi) is 6.33. The zero-order chi connectivity index (χ0) is 34.0. The molecule has 4 aliphatic carbocycles. The summed E-state index contributed by atoms with van der Waals surface area (Å²) < 4.78 is 8.88. The second-order valence-corrected chi connectivity index (χ2v) is 17.9. The third kappa shape index (κ3) is 3.69. The van der Waals surface area contributed by atoms with Gasteiger partial charge >= 0.3 is 0 Å². The molecular formula is C41H53NO5. The van der Waals surface area contributed by atoms with Crippen LogP contribution < -0.4 is 0 Å². The fourth-order valence-corrected chi connectivity index (χ4v) is 12.5. The van der Waals surface area contributed by atoms with Crippen molar-refractivity contribution >= 4 is 22.3 Å². The van der Waals surface area contributed by atoms with Gasteiger partial charge in [-0.1, -0.05) is 45.1 Å². The first-order valence-electron chi connectivity index (χ1n) is 17.9. The number of ketones is 1. The number of rotatable bonds is 3.